The van der Waals surface area contributed by atoms with Gasteiger partial charge in [-0.3, -0.25) is 4.79 Å². The molecule has 0 aromatic rings. The molecule has 164 valence electrons. The molecule has 29 heavy (non-hydrogen) atoms. The Labute approximate surface area is 178 Å². The lowest BCUT2D eigenvalue weighted by Gasteiger charge is -2.54. The molecule has 3 saturated carbocycles. The van der Waals surface area contributed by atoms with Gasteiger partial charge in [-0.25, -0.2) is 0 Å². The number of hydrogen-bond donors (Lipinski definition) is 1. The molecule has 0 saturated heterocycles. The first-order chi connectivity index (χ1) is 13.8. The van der Waals surface area contributed by atoms with Gasteiger partial charge in [0, 0.05) is 0 Å². The summed E-state index contributed by atoms with van der Waals surface area (Å²) < 4.78 is 0. The Morgan fingerprint density at radius 2 is 1.90 bits per heavy atom. The predicted molar refractivity (Wildman–Crippen MR) is 120 cm³/mol. The Morgan fingerprint density at radius 1 is 1.10 bits per heavy atom. The van der Waals surface area contributed by atoms with Crippen molar-refractivity contribution in [3.05, 3.63) is 11.6 Å². The highest BCUT2D eigenvalue weighted by Crippen LogP contribution is 2.65. The fourth-order valence-corrected chi connectivity index (χ4v) is 8.51. The molecule has 0 bridgehead atoms. The van der Waals surface area contributed by atoms with Crippen molar-refractivity contribution in [2.75, 3.05) is 0 Å². The number of fused-ring (bicyclic) bond motifs is 5. The van der Waals surface area contributed by atoms with Gasteiger partial charge in [-0.1, -0.05) is 58.6 Å². The quantitative estimate of drug-likeness (QED) is 0.474. The predicted octanol–water partition coefficient (Wildman–Crippen LogP) is 7.34. The standard InChI is InChI=1S/C27H44O2/c1-17(2)6-5-7-18(3)24-12-13-25-23-11-8-19-16-20(26(28)29)9-10-21(19)22(23)14-15-27(24,25)4/h8,17-18,20-25H,5-7,9-16H2,1-4H3,(H,28,29). The second-order valence-corrected chi connectivity index (χ2v) is 11.9. The van der Waals surface area contributed by atoms with Gasteiger partial charge >= 0.3 is 5.97 Å². The van der Waals surface area contributed by atoms with Crippen LogP contribution < -0.4 is 0 Å². The number of allylic oxidation sites excluding steroid dienone is 2. The lowest BCUT2D eigenvalue weighted by atomic mass is 9.50. The van der Waals surface area contributed by atoms with Crippen LogP contribution in [0.15, 0.2) is 11.6 Å². The zero-order chi connectivity index (χ0) is 20.8. The van der Waals surface area contributed by atoms with Crippen LogP contribution in [0.3, 0.4) is 0 Å². The molecule has 4 rings (SSSR count). The Hall–Kier alpha value is -0.790. The smallest absolute Gasteiger partial charge is 0.306 e. The van der Waals surface area contributed by atoms with Crippen LogP contribution in [0.4, 0.5) is 0 Å². The fraction of sp³-hybridized carbons (Fsp3) is 0.889. The Morgan fingerprint density at radius 3 is 2.62 bits per heavy atom. The van der Waals surface area contributed by atoms with E-state index in [0.29, 0.717) is 11.3 Å². The van der Waals surface area contributed by atoms with E-state index in [9.17, 15) is 9.90 Å². The van der Waals surface area contributed by atoms with Gasteiger partial charge in [0.1, 0.15) is 0 Å². The van der Waals surface area contributed by atoms with Crippen molar-refractivity contribution in [1.29, 1.82) is 0 Å². The van der Waals surface area contributed by atoms with Crippen LogP contribution in [-0.2, 0) is 4.79 Å². The average Bonchev–Trinajstić information content (AvgIpc) is 3.04. The number of carboxylic acids is 1. The third-order valence-corrected chi connectivity index (χ3v) is 10.00. The van der Waals surface area contributed by atoms with E-state index in [1.54, 1.807) is 0 Å². The molecule has 2 nitrogen and oxygen atoms in total. The van der Waals surface area contributed by atoms with Crippen LogP contribution in [0, 0.1) is 52.8 Å². The van der Waals surface area contributed by atoms with Crippen LogP contribution in [0.25, 0.3) is 0 Å². The van der Waals surface area contributed by atoms with Crippen molar-refractivity contribution >= 4 is 5.97 Å². The van der Waals surface area contributed by atoms with Crippen molar-refractivity contribution in [2.45, 2.75) is 98.3 Å². The number of rotatable bonds is 6. The molecule has 4 aliphatic rings. The molecule has 8 atom stereocenters. The van der Waals surface area contributed by atoms with Gasteiger partial charge in [0.25, 0.3) is 0 Å². The van der Waals surface area contributed by atoms with Gasteiger partial charge in [-0.15, -0.1) is 0 Å². The molecule has 0 radical (unpaired) electrons. The molecule has 0 aromatic heterocycles. The van der Waals surface area contributed by atoms with Crippen LogP contribution in [-0.4, -0.2) is 11.1 Å². The first-order valence-corrected chi connectivity index (χ1v) is 12.7. The summed E-state index contributed by atoms with van der Waals surface area (Å²) in [5.74, 6) is 5.27. The molecule has 0 heterocycles. The normalized spacial score (nSPS) is 42.6. The van der Waals surface area contributed by atoms with Crippen LogP contribution >= 0.6 is 0 Å². The molecule has 0 aromatic carbocycles. The Balaban J connectivity index is 1.44. The van der Waals surface area contributed by atoms with Crippen LogP contribution in [0.1, 0.15) is 98.3 Å². The molecular formula is C27H44O2. The van der Waals surface area contributed by atoms with Crippen LogP contribution in [0.2, 0.25) is 0 Å². The maximum atomic E-state index is 11.5. The molecule has 0 amide bonds. The van der Waals surface area contributed by atoms with E-state index in [1.807, 2.05) is 0 Å². The summed E-state index contributed by atoms with van der Waals surface area (Å²) in [6.45, 7) is 9.92. The average molecular weight is 401 g/mol. The Bertz CT molecular complexity index is 634. The summed E-state index contributed by atoms with van der Waals surface area (Å²) in [4.78, 5) is 11.5. The first-order valence-electron chi connectivity index (χ1n) is 12.7. The van der Waals surface area contributed by atoms with Crippen molar-refractivity contribution < 1.29 is 9.90 Å². The maximum absolute atomic E-state index is 11.5. The molecular weight excluding hydrogens is 356 g/mol. The summed E-state index contributed by atoms with van der Waals surface area (Å²) in [5, 5.41) is 9.46. The molecule has 0 spiro atoms. The third-order valence-electron chi connectivity index (χ3n) is 10.00. The number of carboxylic acid groups (broad SMARTS) is 1. The SMILES string of the molecule is CC(C)CCCC(C)C1CCC2C3CC=C4CC(C(=O)O)CCC4C3CCC12C. The van der Waals surface area contributed by atoms with Crippen LogP contribution in [0.5, 0.6) is 0 Å². The molecule has 8 unspecified atom stereocenters. The van der Waals surface area contributed by atoms with E-state index in [4.69, 9.17) is 0 Å². The summed E-state index contributed by atoms with van der Waals surface area (Å²) >= 11 is 0. The van der Waals surface area contributed by atoms with Crippen molar-refractivity contribution in [1.82, 2.24) is 0 Å². The monoisotopic (exact) mass is 400 g/mol. The highest BCUT2D eigenvalue weighted by molar-refractivity contribution is 5.70. The second-order valence-electron chi connectivity index (χ2n) is 11.9. The number of hydrogen-bond acceptors (Lipinski definition) is 1. The molecule has 2 heteroatoms. The summed E-state index contributed by atoms with van der Waals surface area (Å²) in [6.07, 6.45) is 16.5. The van der Waals surface area contributed by atoms with Gasteiger partial charge in [0.05, 0.1) is 5.92 Å². The molecule has 1 N–H and O–H groups in total. The third kappa shape index (κ3) is 3.94. The van der Waals surface area contributed by atoms with Gasteiger partial charge < -0.3 is 5.11 Å². The van der Waals surface area contributed by atoms with E-state index in [1.165, 1.54) is 56.9 Å². The fourth-order valence-electron chi connectivity index (χ4n) is 8.51. The number of carbonyl (C=O) groups is 1. The second kappa shape index (κ2) is 8.39. The van der Waals surface area contributed by atoms with E-state index in [2.05, 4.69) is 33.8 Å². The minimum absolute atomic E-state index is 0.120. The van der Waals surface area contributed by atoms with Gasteiger partial charge in [0.2, 0.25) is 0 Å². The van der Waals surface area contributed by atoms with Crippen molar-refractivity contribution in [3.63, 3.8) is 0 Å². The summed E-state index contributed by atoms with van der Waals surface area (Å²) in [6, 6.07) is 0. The molecule has 0 aliphatic heterocycles. The topological polar surface area (TPSA) is 37.3 Å². The zero-order valence-electron chi connectivity index (χ0n) is 19.3. The zero-order valence-corrected chi connectivity index (χ0v) is 19.3. The lowest BCUT2D eigenvalue weighted by molar-refractivity contribution is -0.142. The molecule has 4 aliphatic carbocycles. The first kappa shape index (κ1) is 21.4. The molecule has 3 fully saturated rings. The van der Waals surface area contributed by atoms with Crippen molar-refractivity contribution in [2.24, 2.45) is 52.8 Å². The highest BCUT2D eigenvalue weighted by atomic mass is 16.4. The van der Waals surface area contributed by atoms with E-state index in [-0.39, 0.29) is 5.92 Å². The minimum Gasteiger partial charge on any atom is -0.481 e. The summed E-state index contributed by atoms with van der Waals surface area (Å²) in [7, 11) is 0. The largest absolute Gasteiger partial charge is 0.481 e. The van der Waals surface area contributed by atoms with Gasteiger partial charge in [-0.2, -0.15) is 0 Å². The summed E-state index contributed by atoms with van der Waals surface area (Å²) in [5.41, 5.74) is 2.08. The van der Waals surface area contributed by atoms with E-state index < -0.39 is 5.97 Å². The maximum Gasteiger partial charge on any atom is 0.306 e. The van der Waals surface area contributed by atoms with Crippen molar-refractivity contribution in [3.8, 4) is 0 Å². The van der Waals surface area contributed by atoms with E-state index >= 15 is 0 Å². The van der Waals surface area contributed by atoms with E-state index in [0.717, 1.165) is 54.8 Å². The lowest BCUT2D eigenvalue weighted by Crippen LogP contribution is -2.47. The number of aliphatic carboxylic acids is 1. The van der Waals surface area contributed by atoms with Gasteiger partial charge in [0.15, 0.2) is 0 Å². The Kier molecular flexibility index (Phi) is 6.20. The minimum atomic E-state index is -0.576. The highest BCUT2D eigenvalue weighted by Gasteiger charge is 2.56. The van der Waals surface area contributed by atoms with Gasteiger partial charge in [-0.05, 0) is 98.2 Å².